The molecule has 0 spiro atoms. The highest BCUT2D eigenvalue weighted by Crippen LogP contribution is 2.66. The van der Waals surface area contributed by atoms with Gasteiger partial charge in [0.15, 0.2) is 5.60 Å². The van der Waals surface area contributed by atoms with Crippen LogP contribution in [0, 0.1) is 16.7 Å². The van der Waals surface area contributed by atoms with E-state index in [1.165, 1.54) is 32.9 Å². The molecule has 3 fully saturated rings. The van der Waals surface area contributed by atoms with E-state index < -0.39 is 94.4 Å². The van der Waals surface area contributed by atoms with Gasteiger partial charge in [0.1, 0.15) is 42.2 Å². The Bertz CT molecular complexity index is 1530. The minimum atomic E-state index is -2.15. The predicted molar refractivity (Wildman–Crippen MR) is 165 cm³/mol. The summed E-state index contributed by atoms with van der Waals surface area (Å²) in [5.74, 6) is -5.02. The number of rotatable bonds is 6. The fourth-order valence-electron chi connectivity index (χ4n) is 8.90. The van der Waals surface area contributed by atoms with E-state index in [0.717, 1.165) is 6.92 Å². The lowest BCUT2D eigenvalue weighted by atomic mass is 9.44. The van der Waals surface area contributed by atoms with Crippen LogP contribution in [0.2, 0.25) is 0 Å². The molecule has 0 radical (unpaired) electrons. The Morgan fingerprint density at radius 1 is 0.833 bits per heavy atom. The number of fused-ring (bicyclic) bond motifs is 5. The highest BCUT2D eigenvalue weighted by molar-refractivity contribution is 5.89. The summed E-state index contributed by atoms with van der Waals surface area (Å²) < 4.78 is 36.0. The van der Waals surface area contributed by atoms with Crippen molar-refractivity contribution in [3.63, 3.8) is 0 Å². The summed E-state index contributed by atoms with van der Waals surface area (Å²) in [5.41, 5.74) is -6.18. The first kappa shape index (κ1) is 35.5. The number of ether oxygens (including phenoxy) is 6. The van der Waals surface area contributed by atoms with Gasteiger partial charge in [0, 0.05) is 46.0 Å². The molecule has 13 nitrogen and oxygen atoms in total. The molecule has 262 valence electrons. The van der Waals surface area contributed by atoms with E-state index >= 15 is 0 Å². The van der Waals surface area contributed by atoms with Crippen LogP contribution < -0.4 is 0 Å². The lowest BCUT2D eigenvalue weighted by Gasteiger charge is -2.69. The van der Waals surface area contributed by atoms with Crippen molar-refractivity contribution in [2.24, 2.45) is 16.7 Å². The number of aliphatic hydroxyl groups excluding tert-OH is 1. The predicted octanol–water partition coefficient (Wildman–Crippen LogP) is 2.59. The number of aliphatic hydroxyl groups is 2. The summed E-state index contributed by atoms with van der Waals surface area (Å²) in [5, 5.41) is 25.7. The largest absolute Gasteiger partial charge is 0.462 e. The summed E-state index contributed by atoms with van der Waals surface area (Å²) in [6, 6.07) is 8.05. The molecule has 1 aromatic rings. The van der Waals surface area contributed by atoms with Gasteiger partial charge in [-0.2, -0.15) is 0 Å². The second kappa shape index (κ2) is 12.3. The summed E-state index contributed by atoms with van der Waals surface area (Å²) in [6.07, 6.45) is -8.33. The van der Waals surface area contributed by atoms with E-state index in [1.54, 1.807) is 45.9 Å². The molecule has 48 heavy (non-hydrogen) atoms. The molecule has 4 aliphatic rings. The maximum absolute atomic E-state index is 14.1. The van der Waals surface area contributed by atoms with Crippen molar-refractivity contribution in [1.82, 2.24) is 0 Å². The fourth-order valence-corrected chi connectivity index (χ4v) is 8.90. The minimum absolute atomic E-state index is 0.0420. The topological polar surface area (TPSA) is 181 Å². The average Bonchev–Trinajstić information content (AvgIpc) is 2.97. The number of esters is 5. The quantitative estimate of drug-likeness (QED) is 0.256. The Morgan fingerprint density at radius 2 is 1.44 bits per heavy atom. The first-order chi connectivity index (χ1) is 22.3. The van der Waals surface area contributed by atoms with Crippen molar-refractivity contribution >= 4 is 29.8 Å². The van der Waals surface area contributed by atoms with Gasteiger partial charge < -0.3 is 38.6 Å². The molecule has 1 aliphatic heterocycles. The molecule has 1 aromatic carbocycles. The zero-order valence-electron chi connectivity index (χ0n) is 28.4. The van der Waals surface area contributed by atoms with Crippen LogP contribution >= 0.6 is 0 Å². The molecule has 10 unspecified atom stereocenters. The Labute approximate surface area is 278 Å². The van der Waals surface area contributed by atoms with Crippen LogP contribution in [0.5, 0.6) is 0 Å². The smallest absolute Gasteiger partial charge is 0.338 e. The van der Waals surface area contributed by atoms with E-state index in [0.29, 0.717) is 5.57 Å². The standard InChI is InChI=1S/C35H44O13/c1-17-23(44-18(2)36)15-35(42)30(47-31(41)22-12-10-9-11-13-22)28-33(8,29(46-20(4)38)27(40)26(17)32(35,6)7)24(45-19(3)37)14-25-34(28,16-43-25)48-21(5)39/h9-13,23-25,27-30,40,42H,14-16H2,1-8H3. The van der Waals surface area contributed by atoms with Crippen molar-refractivity contribution in [1.29, 1.82) is 0 Å². The van der Waals surface area contributed by atoms with Crippen molar-refractivity contribution < 1.29 is 62.6 Å². The van der Waals surface area contributed by atoms with Gasteiger partial charge >= 0.3 is 29.8 Å². The molecular formula is C35H44O13. The zero-order valence-corrected chi connectivity index (χ0v) is 28.4. The van der Waals surface area contributed by atoms with Crippen LogP contribution in [-0.2, 0) is 47.6 Å². The molecule has 0 amide bonds. The molecule has 3 aliphatic carbocycles. The Kier molecular flexibility index (Phi) is 9.07. The van der Waals surface area contributed by atoms with Crippen LogP contribution in [0.15, 0.2) is 41.5 Å². The molecule has 1 saturated heterocycles. The third-order valence-corrected chi connectivity index (χ3v) is 11.0. The minimum Gasteiger partial charge on any atom is -0.462 e. The second-order valence-corrected chi connectivity index (χ2v) is 14.1. The molecule has 13 heteroatoms. The number of hydrogen-bond donors (Lipinski definition) is 2. The van der Waals surface area contributed by atoms with Crippen LogP contribution in [0.25, 0.3) is 0 Å². The van der Waals surface area contributed by atoms with E-state index in [2.05, 4.69) is 0 Å². The third kappa shape index (κ3) is 5.39. The molecule has 1 heterocycles. The molecule has 2 N–H and O–H groups in total. The fraction of sp³-hybridized carbons (Fsp3) is 0.629. The highest BCUT2D eigenvalue weighted by atomic mass is 16.6. The molecule has 2 bridgehead atoms. The van der Waals surface area contributed by atoms with Crippen molar-refractivity contribution in [3.8, 4) is 0 Å². The van der Waals surface area contributed by atoms with Crippen molar-refractivity contribution in [2.75, 3.05) is 6.61 Å². The van der Waals surface area contributed by atoms with E-state index in [1.807, 2.05) is 0 Å². The van der Waals surface area contributed by atoms with Crippen LogP contribution in [-0.4, -0.2) is 94.5 Å². The summed E-state index contributed by atoms with van der Waals surface area (Å²) >= 11 is 0. The van der Waals surface area contributed by atoms with Gasteiger partial charge in [-0.15, -0.1) is 0 Å². The summed E-state index contributed by atoms with van der Waals surface area (Å²) in [4.78, 5) is 64.8. The molecule has 0 aromatic heterocycles. The van der Waals surface area contributed by atoms with Gasteiger partial charge in [0.25, 0.3) is 0 Å². The Hall–Kier alpha value is -3.81. The monoisotopic (exact) mass is 672 g/mol. The van der Waals surface area contributed by atoms with Gasteiger partial charge in [-0.3, -0.25) is 19.2 Å². The maximum atomic E-state index is 14.1. The number of carbonyl (C=O) groups is 5. The third-order valence-electron chi connectivity index (χ3n) is 11.0. The van der Waals surface area contributed by atoms with Gasteiger partial charge in [-0.25, -0.2) is 4.79 Å². The average molecular weight is 673 g/mol. The van der Waals surface area contributed by atoms with Gasteiger partial charge in [0.2, 0.25) is 0 Å². The highest BCUT2D eigenvalue weighted by Gasteiger charge is 2.79. The first-order valence-corrected chi connectivity index (χ1v) is 16.0. The van der Waals surface area contributed by atoms with Gasteiger partial charge in [0.05, 0.1) is 23.5 Å². The lowest BCUT2D eigenvalue weighted by molar-refractivity contribution is -0.365. The van der Waals surface area contributed by atoms with E-state index in [9.17, 15) is 34.2 Å². The Balaban J connectivity index is 1.90. The normalized spacial score (nSPS) is 38.0. The van der Waals surface area contributed by atoms with Crippen LogP contribution in [0.1, 0.15) is 78.6 Å². The van der Waals surface area contributed by atoms with Crippen LogP contribution in [0.3, 0.4) is 0 Å². The van der Waals surface area contributed by atoms with Gasteiger partial charge in [-0.1, -0.05) is 39.0 Å². The van der Waals surface area contributed by atoms with E-state index in [4.69, 9.17) is 28.4 Å². The van der Waals surface area contributed by atoms with Crippen molar-refractivity contribution in [2.45, 2.75) is 116 Å². The molecular weight excluding hydrogens is 628 g/mol. The molecule has 10 atom stereocenters. The lowest BCUT2D eigenvalue weighted by Crippen LogP contribution is -2.82. The second-order valence-electron chi connectivity index (χ2n) is 14.1. The van der Waals surface area contributed by atoms with E-state index in [-0.39, 0.29) is 30.6 Å². The number of hydrogen-bond acceptors (Lipinski definition) is 13. The van der Waals surface area contributed by atoms with Crippen LogP contribution in [0.4, 0.5) is 0 Å². The summed E-state index contributed by atoms with van der Waals surface area (Å²) in [7, 11) is 0. The maximum Gasteiger partial charge on any atom is 0.338 e. The zero-order chi connectivity index (χ0) is 35.6. The SMILES string of the molecule is CC(=O)OC1CC2(O)C(OC(=O)c3ccccc3)C3C4(OC(C)=O)COC4CC(OC(C)=O)C3(C)C(OC(C)=O)C(O)C(=C1C)C2(C)C. The number of carbonyl (C=O) groups excluding carboxylic acids is 5. The Morgan fingerprint density at radius 3 is 1.96 bits per heavy atom. The first-order valence-electron chi connectivity index (χ1n) is 16.0. The van der Waals surface area contributed by atoms with Crippen molar-refractivity contribution in [3.05, 3.63) is 47.0 Å². The molecule has 5 rings (SSSR count). The number of benzene rings is 1. The van der Waals surface area contributed by atoms with Gasteiger partial charge in [-0.05, 0) is 30.2 Å². The summed E-state index contributed by atoms with van der Waals surface area (Å²) in [6.45, 7) is 11.1. The molecule has 2 saturated carbocycles.